The summed E-state index contributed by atoms with van der Waals surface area (Å²) >= 11 is 0. The van der Waals surface area contributed by atoms with Crippen molar-refractivity contribution in [2.24, 2.45) is 0 Å². The predicted octanol–water partition coefficient (Wildman–Crippen LogP) is 2.51. The molecule has 0 unspecified atom stereocenters. The molecule has 0 aromatic heterocycles. The van der Waals surface area contributed by atoms with Crippen molar-refractivity contribution in [2.75, 3.05) is 33.5 Å². The van der Waals surface area contributed by atoms with Crippen LogP contribution in [0.4, 0.5) is 4.39 Å². The van der Waals surface area contributed by atoms with E-state index < -0.39 is 0 Å². The van der Waals surface area contributed by atoms with Gasteiger partial charge in [-0.15, -0.1) is 0 Å². The molecule has 0 aliphatic carbocycles. The van der Waals surface area contributed by atoms with Crippen LogP contribution in [0.15, 0.2) is 42.5 Å². The van der Waals surface area contributed by atoms with Gasteiger partial charge >= 0.3 is 0 Å². The van der Waals surface area contributed by atoms with E-state index in [0.29, 0.717) is 43.4 Å². The number of nitrogens with one attached hydrogen (secondary N) is 1. The molecule has 25 heavy (non-hydrogen) atoms. The van der Waals surface area contributed by atoms with E-state index in [1.807, 2.05) is 18.2 Å². The number of hydrogen-bond donors (Lipinski definition) is 2. The van der Waals surface area contributed by atoms with Crippen LogP contribution in [0.25, 0.3) is 0 Å². The summed E-state index contributed by atoms with van der Waals surface area (Å²) in [5.74, 6) is 0.905. The van der Waals surface area contributed by atoms with E-state index in [1.54, 1.807) is 25.3 Å². The molecule has 0 atom stereocenters. The van der Waals surface area contributed by atoms with Crippen molar-refractivity contribution in [3.63, 3.8) is 0 Å². The maximum atomic E-state index is 13.8. The third-order valence-electron chi connectivity index (χ3n) is 3.58. The van der Waals surface area contributed by atoms with Crippen LogP contribution in [0.2, 0.25) is 0 Å². The second-order valence-electron chi connectivity index (χ2n) is 5.34. The zero-order chi connectivity index (χ0) is 17.9. The summed E-state index contributed by atoms with van der Waals surface area (Å²) in [5, 5.41) is 11.9. The summed E-state index contributed by atoms with van der Waals surface area (Å²) in [4.78, 5) is 0. The smallest absolute Gasteiger partial charge is 0.166 e. The van der Waals surface area contributed by atoms with Crippen LogP contribution < -0.4 is 14.8 Å². The Hall–Kier alpha value is -2.15. The highest BCUT2D eigenvalue weighted by atomic mass is 19.1. The lowest BCUT2D eigenvalue weighted by atomic mass is 10.1. The zero-order valence-corrected chi connectivity index (χ0v) is 14.3. The lowest BCUT2D eigenvalue weighted by Gasteiger charge is -2.16. The first-order chi connectivity index (χ1) is 12.3. The average Bonchev–Trinajstić information content (AvgIpc) is 2.64. The molecule has 136 valence electrons. The normalized spacial score (nSPS) is 10.7. The largest absolute Gasteiger partial charge is 0.493 e. The topological polar surface area (TPSA) is 60.0 Å². The molecule has 2 aromatic carbocycles. The summed E-state index contributed by atoms with van der Waals surface area (Å²) < 4.78 is 30.2. The highest BCUT2D eigenvalue weighted by molar-refractivity contribution is 5.46. The number of benzene rings is 2. The molecule has 0 amide bonds. The van der Waals surface area contributed by atoms with E-state index in [-0.39, 0.29) is 19.0 Å². The summed E-state index contributed by atoms with van der Waals surface area (Å²) in [6, 6.07) is 12.2. The Morgan fingerprint density at radius 1 is 1.04 bits per heavy atom. The molecule has 2 aromatic rings. The molecule has 2 N–H and O–H groups in total. The molecule has 0 aliphatic heterocycles. The van der Waals surface area contributed by atoms with Crippen LogP contribution >= 0.6 is 0 Å². The van der Waals surface area contributed by atoms with Crippen LogP contribution in [0.3, 0.4) is 0 Å². The van der Waals surface area contributed by atoms with E-state index in [2.05, 4.69) is 5.32 Å². The number of ether oxygens (including phenoxy) is 3. The van der Waals surface area contributed by atoms with E-state index >= 15 is 0 Å². The van der Waals surface area contributed by atoms with Gasteiger partial charge in [-0.25, -0.2) is 4.39 Å². The van der Waals surface area contributed by atoms with E-state index in [0.717, 1.165) is 5.56 Å². The van der Waals surface area contributed by atoms with Crippen LogP contribution in [-0.4, -0.2) is 38.6 Å². The van der Waals surface area contributed by atoms with Crippen LogP contribution in [0, 0.1) is 5.82 Å². The number of hydrogen-bond acceptors (Lipinski definition) is 5. The Morgan fingerprint density at radius 3 is 2.60 bits per heavy atom. The quantitative estimate of drug-likeness (QED) is 0.611. The predicted molar refractivity (Wildman–Crippen MR) is 93.3 cm³/mol. The monoisotopic (exact) mass is 349 g/mol. The van der Waals surface area contributed by atoms with Crippen LogP contribution in [0.5, 0.6) is 11.5 Å². The van der Waals surface area contributed by atoms with Gasteiger partial charge in [0.2, 0.25) is 0 Å². The molecule has 0 fully saturated rings. The van der Waals surface area contributed by atoms with Gasteiger partial charge in [0.1, 0.15) is 12.4 Å². The standard InChI is InChI=1S/C19H24FNO4/c1-23-18-8-4-6-15(13-21-9-11-24-12-10-22)19(18)25-14-16-5-2-3-7-17(16)20/h2-8,21-22H,9-14H2,1H3. The fourth-order valence-corrected chi connectivity index (χ4v) is 2.32. The Labute approximate surface area is 147 Å². The second kappa shape index (κ2) is 10.7. The van der Waals surface area contributed by atoms with Crippen molar-refractivity contribution in [1.82, 2.24) is 5.32 Å². The van der Waals surface area contributed by atoms with Crippen LogP contribution in [0.1, 0.15) is 11.1 Å². The lowest BCUT2D eigenvalue weighted by Crippen LogP contribution is -2.20. The zero-order valence-electron chi connectivity index (χ0n) is 14.3. The number of halogens is 1. The number of methoxy groups -OCH3 is 1. The van der Waals surface area contributed by atoms with Crippen molar-refractivity contribution >= 4 is 0 Å². The van der Waals surface area contributed by atoms with Gasteiger partial charge in [0.15, 0.2) is 11.5 Å². The fourth-order valence-electron chi connectivity index (χ4n) is 2.32. The van der Waals surface area contributed by atoms with Gasteiger partial charge < -0.3 is 24.6 Å². The Bertz CT molecular complexity index is 651. The number of para-hydroxylation sites is 1. The van der Waals surface area contributed by atoms with Crippen molar-refractivity contribution in [3.05, 3.63) is 59.4 Å². The number of rotatable bonds is 11. The summed E-state index contributed by atoms with van der Waals surface area (Å²) in [6.45, 7) is 2.19. The molecular weight excluding hydrogens is 325 g/mol. The minimum atomic E-state index is -0.293. The molecule has 5 nitrogen and oxygen atoms in total. The molecular formula is C19H24FNO4. The van der Waals surface area contributed by atoms with Crippen molar-refractivity contribution in [3.8, 4) is 11.5 Å². The Morgan fingerprint density at radius 2 is 1.84 bits per heavy atom. The van der Waals surface area contributed by atoms with Crippen molar-refractivity contribution < 1.29 is 23.7 Å². The van der Waals surface area contributed by atoms with Gasteiger partial charge in [0.05, 0.1) is 26.9 Å². The minimum Gasteiger partial charge on any atom is -0.493 e. The molecule has 0 radical (unpaired) electrons. The van der Waals surface area contributed by atoms with E-state index in [1.165, 1.54) is 6.07 Å². The lowest BCUT2D eigenvalue weighted by molar-refractivity contribution is 0.0937. The van der Waals surface area contributed by atoms with Gasteiger partial charge in [-0.2, -0.15) is 0 Å². The number of aliphatic hydroxyl groups is 1. The molecule has 0 heterocycles. The molecule has 0 saturated heterocycles. The third-order valence-corrected chi connectivity index (χ3v) is 3.58. The van der Waals surface area contributed by atoms with E-state index in [9.17, 15) is 4.39 Å². The van der Waals surface area contributed by atoms with Crippen LogP contribution in [-0.2, 0) is 17.9 Å². The maximum Gasteiger partial charge on any atom is 0.166 e. The summed E-state index contributed by atoms with van der Waals surface area (Å²) in [6.07, 6.45) is 0. The molecule has 0 bridgehead atoms. The molecule has 0 spiro atoms. The minimum absolute atomic E-state index is 0.0178. The average molecular weight is 349 g/mol. The Balaban J connectivity index is 1.98. The van der Waals surface area contributed by atoms with Gasteiger partial charge in [0.25, 0.3) is 0 Å². The first kappa shape index (κ1) is 19.2. The van der Waals surface area contributed by atoms with Gasteiger partial charge in [-0.1, -0.05) is 30.3 Å². The second-order valence-corrected chi connectivity index (χ2v) is 5.34. The maximum absolute atomic E-state index is 13.8. The highest BCUT2D eigenvalue weighted by Crippen LogP contribution is 2.32. The summed E-state index contributed by atoms with van der Waals surface area (Å²) in [7, 11) is 1.57. The van der Waals surface area contributed by atoms with E-state index in [4.69, 9.17) is 19.3 Å². The fraction of sp³-hybridized carbons (Fsp3) is 0.368. The van der Waals surface area contributed by atoms with Gasteiger partial charge in [-0.3, -0.25) is 0 Å². The highest BCUT2D eigenvalue weighted by Gasteiger charge is 2.12. The van der Waals surface area contributed by atoms with Gasteiger partial charge in [-0.05, 0) is 12.1 Å². The first-order valence-corrected chi connectivity index (χ1v) is 8.17. The molecule has 0 aliphatic rings. The summed E-state index contributed by atoms with van der Waals surface area (Å²) in [5.41, 5.74) is 1.41. The molecule has 6 heteroatoms. The molecule has 2 rings (SSSR count). The Kier molecular flexibility index (Phi) is 8.18. The first-order valence-electron chi connectivity index (χ1n) is 8.17. The van der Waals surface area contributed by atoms with Crippen molar-refractivity contribution in [2.45, 2.75) is 13.2 Å². The number of aliphatic hydroxyl groups excluding tert-OH is 1. The SMILES string of the molecule is COc1cccc(CNCCOCCO)c1OCc1ccccc1F. The van der Waals surface area contributed by atoms with Gasteiger partial charge in [0, 0.05) is 24.2 Å². The third kappa shape index (κ3) is 6.01. The molecule has 0 saturated carbocycles. The van der Waals surface area contributed by atoms with Crippen molar-refractivity contribution in [1.29, 1.82) is 0 Å².